The smallest absolute Gasteiger partial charge is 0.174 e. The van der Waals surface area contributed by atoms with Crippen LogP contribution in [-0.4, -0.2) is 7.05 Å². The Morgan fingerprint density at radius 1 is 1.28 bits per heavy atom. The number of halogens is 3. The largest absolute Gasteiger partial charge is 0.457 e. The van der Waals surface area contributed by atoms with E-state index in [1.165, 1.54) is 18.4 Å². The van der Waals surface area contributed by atoms with Gasteiger partial charge in [0.25, 0.3) is 0 Å². The predicted octanol–water partition coefficient (Wildman–Crippen LogP) is 3.94. The van der Waals surface area contributed by atoms with Gasteiger partial charge >= 0.3 is 0 Å². The van der Waals surface area contributed by atoms with Crippen LogP contribution in [0.25, 0.3) is 0 Å². The van der Waals surface area contributed by atoms with E-state index in [0.29, 0.717) is 15.8 Å². The van der Waals surface area contributed by atoms with Crippen LogP contribution in [0.1, 0.15) is 22.7 Å². The van der Waals surface area contributed by atoms with Crippen LogP contribution in [-0.2, 0) is 0 Å². The summed E-state index contributed by atoms with van der Waals surface area (Å²) in [4.78, 5) is 0. The monoisotopic (exact) mass is 315 g/mol. The molecule has 0 bridgehead atoms. The predicted molar refractivity (Wildman–Crippen MR) is 68.4 cm³/mol. The second-order valence-electron chi connectivity index (χ2n) is 3.96. The van der Waals surface area contributed by atoms with Crippen LogP contribution in [0.15, 0.2) is 33.5 Å². The highest BCUT2D eigenvalue weighted by atomic mass is 79.9. The van der Waals surface area contributed by atoms with Crippen molar-refractivity contribution in [3.63, 3.8) is 0 Å². The van der Waals surface area contributed by atoms with Crippen LogP contribution in [0.5, 0.6) is 0 Å². The van der Waals surface area contributed by atoms with Crippen molar-refractivity contribution in [2.45, 2.75) is 13.0 Å². The zero-order valence-electron chi connectivity index (χ0n) is 9.93. The Balaban J connectivity index is 2.59. The summed E-state index contributed by atoms with van der Waals surface area (Å²) in [5.74, 6) is -1.12. The summed E-state index contributed by atoms with van der Waals surface area (Å²) >= 11 is 3.22. The average molecular weight is 316 g/mol. The van der Waals surface area contributed by atoms with Gasteiger partial charge in [-0.1, -0.05) is 6.07 Å². The molecule has 0 saturated carbocycles. The van der Waals surface area contributed by atoms with Gasteiger partial charge in [0.1, 0.15) is 11.6 Å². The minimum atomic E-state index is -0.599. The first-order chi connectivity index (χ1) is 8.56. The van der Waals surface area contributed by atoms with Gasteiger partial charge in [-0.15, -0.1) is 0 Å². The van der Waals surface area contributed by atoms with E-state index >= 15 is 0 Å². The molecule has 1 atom stereocenters. The van der Waals surface area contributed by atoms with Gasteiger partial charge in [-0.3, -0.25) is 0 Å². The molecule has 0 saturated heterocycles. The highest BCUT2D eigenvalue weighted by Crippen LogP contribution is 2.32. The summed E-state index contributed by atoms with van der Waals surface area (Å²) in [7, 11) is 1.64. The molecule has 96 valence electrons. The molecule has 2 rings (SSSR count). The van der Waals surface area contributed by atoms with Crippen molar-refractivity contribution in [3.05, 3.63) is 57.5 Å². The fraction of sp³-hybridized carbons (Fsp3) is 0.231. The number of hydrogen-bond donors (Lipinski definition) is 1. The van der Waals surface area contributed by atoms with Gasteiger partial charge in [-0.05, 0) is 47.6 Å². The zero-order valence-corrected chi connectivity index (χ0v) is 11.5. The van der Waals surface area contributed by atoms with Crippen LogP contribution in [0.3, 0.4) is 0 Å². The first-order valence-electron chi connectivity index (χ1n) is 5.41. The SMILES string of the molecule is CNC(c1ccoc1Br)c1c(F)ccc(C)c1F. The van der Waals surface area contributed by atoms with E-state index in [1.54, 1.807) is 20.0 Å². The summed E-state index contributed by atoms with van der Waals surface area (Å²) in [6.45, 7) is 1.61. The lowest BCUT2D eigenvalue weighted by Gasteiger charge is -2.18. The number of hydrogen-bond acceptors (Lipinski definition) is 2. The van der Waals surface area contributed by atoms with Gasteiger partial charge in [-0.2, -0.15) is 0 Å². The van der Waals surface area contributed by atoms with E-state index in [-0.39, 0.29) is 5.56 Å². The van der Waals surface area contributed by atoms with Gasteiger partial charge < -0.3 is 9.73 Å². The molecule has 1 aromatic heterocycles. The minimum Gasteiger partial charge on any atom is -0.457 e. The van der Waals surface area contributed by atoms with E-state index < -0.39 is 17.7 Å². The third-order valence-electron chi connectivity index (χ3n) is 2.85. The molecular formula is C13H12BrF2NO. The summed E-state index contributed by atoms with van der Waals surface area (Å²) in [5, 5.41) is 2.90. The molecule has 0 spiro atoms. The molecule has 5 heteroatoms. The first kappa shape index (κ1) is 13.2. The molecule has 0 amide bonds. The number of benzene rings is 1. The molecule has 0 radical (unpaired) electrons. The Morgan fingerprint density at radius 3 is 2.56 bits per heavy atom. The van der Waals surface area contributed by atoms with Gasteiger partial charge in [0, 0.05) is 11.1 Å². The number of rotatable bonds is 3. The van der Waals surface area contributed by atoms with Crippen LogP contribution in [0.4, 0.5) is 8.78 Å². The van der Waals surface area contributed by atoms with E-state index in [0.717, 1.165) is 0 Å². The maximum atomic E-state index is 14.1. The maximum absolute atomic E-state index is 14.1. The molecule has 0 fully saturated rings. The van der Waals surface area contributed by atoms with Crippen LogP contribution in [0.2, 0.25) is 0 Å². The maximum Gasteiger partial charge on any atom is 0.174 e. The summed E-state index contributed by atoms with van der Waals surface area (Å²) in [5.41, 5.74) is 1.06. The van der Waals surface area contributed by atoms with Crippen molar-refractivity contribution in [2.24, 2.45) is 0 Å². The van der Waals surface area contributed by atoms with Crippen molar-refractivity contribution < 1.29 is 13.2 Å². The molecular weight excluding hydrogens is 304 g/mol. The molecule has 0 aliphatic heterocycles. The molecule has 1 heterocycles. The molecule has 1 unspecified atom stereocenters. The van der Waals surface area contributed by atoms with Crippen LogP contribution < -0.4 is 5.32 Å². The molecule has 18 heavy (non-hydrogen) atoms. The lowest BCUT2D eigenvalue weighted by molar-refractivity contribution is 0.503. The number of nitrogens with one attached hydrogen (secondary N) is 1. The first-order valence-corrected chi connectivity index (χ1v) is 6.20. The van der Waals surface area contributed by atoms with E-state index in [1.807, 2.05) is 0 Å². The molecule has 0 aliphatic rings. The zero-order chi connectivity index (χ0) is 13.3. The Kier molecular flexibility index (Phi) is 3.82. The second-order valence-corrected chi connectivity index (χ2v) is 4.68. The third-order valence-corrected chi connectivity index (χ3v) is 3.50. The lowest BCUT2D eigenvalue weighted by Crippen LogP contribution is -2.20. The Bertz CT molecular complexity index is 568. The highest BCUT2D eigenvalue weighted by Gasteiger charge is 2.24. The molecule has 2 nitrogen and oxygen atoms in total. The molecule has 0 aliphatic carbocycles. The molecule has 2 aromatic rings. The molecule has 1 aromatic carbocycles. The standard InChI is InChI=1S/C13H12BrF2NO/c1-7-3-4-9(15)10(11(7)16)12(17-2)8-5-6-18-13(8)14/h3-6,12,17H,1-2H3. The second kappa shape index (κ2) is 5.20. The minimum absolute atomic E-state index is 0.000370. The van der Waals surface area contributed by atoms with Crippen molar-refractivity contribution >= 4 is 15.9 Å². The topological polar surface area (TPSA) is 25.2 Å². The van der Waals surface area contributed by atoms with E-state index in [9.17, 15) is 8.78 Å². The van der Waals surface area contributed by atoms with Crippen molar-refractivity contribution in [3.8, 4) is 0 Å². The third kappa shape index (κ3) is 2.20. The summed E-state index contributed by atoms with van der Waals surface area (Å²) in [6.07, 6.45) is 1.47. The lowest BCUT2D eigenvalue weighted by atomic mass is 9.98. The number of aryl methyl sites for hydroxylation is 1. The van der Waals surface area contributed by atoms with Gasteiger partial charge in [-0.25, -0.2) is 8.78 Å². The highest BCUT2D eigenvalue weighted by molar-refractivity contribution is 9.10. The Labute approximate surface area is 112 Å². The molecule has 1 N–H and O–H groups in total. The fourth-order valence-corrected chi connectivity index (χ4v) is 2.38. The Hall–Kier alpha value is -1.20. The average Bonchev–Trinajstić information content (AvgIpc) is 2.76. The fourth-order valence-electron chi connectivity index (χ4n) is 1.91. The van der Waals surface area contributed by atoms with Gasteiger partial charge in [0.15, 0.2) is 4.67 Å². The van der Waals surface area contributed by atoms with Crippen molar-refractivity contribution in [1.82, 2.24) is 5.32 Å². The van der Waals surface area contributed by atoms with Crippen LogP contribution >= 0.6 is 15.9 Å². The van der Waals surface area contributed by atoms with Gasteiger partial charge in [0.2, 0.25) is 0 Å². The Morgan fingerprint density at radius 2 is 2.00 bits per heavy atom. The van der Waals surface area contributed by atoms with Crippen molar-refractivity contribution in [1.29, 1.82) is 0 Å². The van der Waals surface area contributed by atoms with E-state index in [4.69, 9.17) is 4.42 Å². The number of furan rings is 1. The summed E-state index contributed by atoms with van der Waals surface area (Å²) < 4.78 is 33.5. The summed E-state index contributed by atoms with van der Waals surface area (Å²) in [6, 6.07) is 3.77. The van der Waals surface area contributed by atoms with E-state index in [2.05, 4.69) is 21.2 Å². The normalized spacial score (nSPS) is 12.7. The van der Waals surface area contributed by atoms with Gasteiger partial charge in [0.05, 0.1) is 12.3 Å². The quantitative estimate of drug-likeness (QED) is 0.928. The van der Waals surface area contributed by atoms with Crippen molar-refractivity contribution in [2.75, 3.05) is 7.05 Å². The van der Waals surface area contributed by atoms with Crippen LogP contribution in [0, 0.1) is 18.6 Å².